The SMILES string of the molecule is CCOC(=O)C1N=NN(N=Cc2ccc(C)cc2)C1=O. The Morgan fingerprint density at radius 1 is 1.45 bits per heavy atom. The normalized spacial score (nSPS) is 18.0. The van der Waals surface area contributed by atoms with E-state index in [1.807, 2.05) is 31.2 Å². The molecule has 104 valence electrons. The van der Waals surface area contributed by atoms with Gasteiger partial charge in [0, 0.05) is 0 Å². The van der Waals surface area contributed by atoms with Crippen LogP contribution in [0.5, 0.6) is 0 Å². The van der Waals surface area contributed by atoms with Gasteiger partial charge in [0.05, 0.1) is 12.8 Å². The van der Waals surface area contributed by atoms with Crippen LogP contribution in [0.3, 0.4) is 0 Å². The van der Waals surface area contributed by atoms with Crippen LogP contribution >= 0.6 is 0 Å². The molecule has 1 atom stereocenters. The predicted molar refractivity (Wildman–Crippen MR) is 70.9 cm³/mol. The van der Waals surface area contributed by atoms with Crippen molar-refractivity contribution in [2.45, 2.75) is 19.9 Å². The second kappa shape index (κ2) is 6.05. The van der Waals surface area contributed by atoms with Crippen LogP contribution in [-0.2, 0) is 14.3 Å². The highest BCUT2D eigenvalue weighted by Gasteiger charge is 2.37. The molecule has 20 heavy (non-hydrogen) atoms. The Kier molecular flexibility index (Phi) is 4.19. The summed E-state index contributed by atoms with van der Waals surface area (Å²) < 4.78 is 4.73. The van der Waals surface area contributed by atoms with Gasteiger partial charge >= 0.3 is 11.9 Å². The first-order valence-electron chi connectivity index (χ1n) is 6.14. The summed E-state index contributed by atoms with van der Waals surface area (Å²) in [6, 6.07) is 6.33. The van der Waals surface area contributed by atoms with Gasteiger partial charge in [-0.3, -0.25) is 4.79 Å². The highest BCUT2D eigenvalue weighted by Crippen LogP contribution is 2.13. The monoisotopic (exact) mass is 274 g/mol. The van der Waals surface area contributed by atoms with E-state index in [4.69, 9.17) is 4.74 Å². The number of ether oxygens (including phenoxy) is 1. The second-order valence-electron chi connectivity index (χ2n) is 4.14. The molecule has 0 radical (unpaired) electrons. The minimum absolute atomic E-state index is 0.185. The van der Waals surface area contributed by atoms with E-state index >= 15 is 0 Å². The van der Waals surface area contributed by atoms with Crippen molar-refractivity contribution in [3.8, 4) is 0 Å². The van der Waals surface area contributed by atoms with Gasteiger partial charge in [-0.15, -0.1) is 5.11 Å². The smallest absolute Gasteiger partial charge is 0.342 e. The third-order valence-electron chi connectivity index (χ3n) is 2.59. The van der Waals surface area contributed by atoms with Gasteiger partial charge in [-0.2, -0.15) is 5.10 Å². The van der Waals surface area contributed by atoms with E-state index in [-0.39, 0.29) is 6.61 Å². The zero-order valence-electron chi connectivity index (χ0n) is 11.2. The number of aryl methyl sites for hydroxylation is 1. The van der Waals surface area contributed by atoms with E-state index in [1.165, 1.54) is 6.21 Å². The van der Waals surface area contributed by atoms with Crippen LogP contribution < -0.4 is 0 Å². The van der Waals surface area contributed by atoms with Crippen LogP contribution in [0, 0.1) is 6.92 Å². The van der Waals surface area contributed by atoms with E-state index in [2.05, 4.69) is 15.4 Å². The Morgan fingerprint density at radius 2 is 2.15 bits per heavy atom. The lowest BCUT2D eigenvalue weighted by atomic mass is 10.2. The standard InChI is InChI=1S/C13H14N4O3/c1-3-20-13(19)11-12(18)17(16-15-11)14-8-10-6-4-9(2)5-7-10/h4-8,11H,3H2,1-2H3. The van der Waals surface area contributed by atoms with Gasteiger partial charge in [0.15, 0.2) is 0 Å². The van der Waals surface area contributed by atoms with Crippen LogP contribution in [0.1, 0.15) is 18.1 Å². The lowest BCUT2D eigenvalue weighted by molar-refractivity contribution is -0.149. The average Bonchev–Trinajstić information content (AvgIpc) is 2.80. The topological polar surface area (TPSA) is 83.7 Å². The summed E-state index contributed by atoms with van der Waals surface area (Å²) in [6.07, 6.45) is 1.48. The molecule has 1 aliphatic rings. The second-order valence-corrected chi connectivity index (χ2v) is 4.14. The Hall–Kier alpha value is -2.57. The zero-order valence-corrected chi connectivity index (χ0v) is 11.2. The molecule has 7 nitrogen and oxygen atoms in total. The minimum Gasteiger partial charge on any atom is -0.464 e. The van der Waals surface area contributed by atoms with E-state index in [1.54, 1.807) is 6.92 Å². The van der Waals surface area contributed by atoms with Gasteiger partial charge in [0.25, 0.3) is 6.04 Å². The number of amides is 1. The first kappa shape index (κ1) is 13.9. The molecule has 0 bridgehead atoms. The fraction of sp³-hybridized carbons (Fsp3) is 0.308. The molecular weight excluding hydrogens is 260 g/mol. The molecule has 0 aliphatic carbocycles. The number of carbonyl (C=O) groups excluding carboxylic acids is 2. The van der Waals surface area contributed by atoms with Gasteiger partial charge in [-0.25, -0.2) is 4.79 Å². The molecule has 1 aromatic carbocycles. The van der Waals surface area contributed by atoms with Crippen LogP contribution in [0.2, 0.25) is 0 Å². The largest absolute Gasteiger partial charge is 0.464 e. The van der Waals surface area contributed by atoms with Crippen molar-refractivity contribution in [1.29, 1.82) is 0 Å². The van der Waals surface area contributed by atoms with Gasteiger partial charge in [0.1, 0.15) is 0 Å². The summed E-state index contributed by atoms with van der Waals surface area (Å²) >= 11 is 0. The fourth-order valence-corrected chi connectivity index (χ4v) is 1.53. The Bertz CT molecular complexity index is 565. The molecule has 0 aromatic heterocycles. The molecule has 1 aromatic rings. The number of benzene rings is 1. The van der Waals surface area contributed by atoms with Gasteiger partial charge < -0.3 is 4.74 Å². The Balaban J connectivity index is 2.02. The Labute approximate surface area is 115 Å². The number of hydrazone groups is 1. The van der Waals surface area contributed by atoms with Gasteiger partial charge in [-0.05, 0) is 24.6 Å². The fourth-order valence-electron chi connectivity index (χ4n) is 1.53. The molecule has 1 unspecified atom stereocenters. The van der Waals surface area contributed by atoms with Crippen molar-refractivity contribution in [1.82, 2.24) is 5.12 Å². The highest BCUT2D eigenvalue weighted by molar-refractivity contribution is 6.03. The zero-order chi connectivity index (χ0) is 14.5. The van der Waals surface area contributed by atoms with E-state index < -0.39 is 17.9 Å². The van der Waals surface area contributed by atoms with Crippen molar-refractivity contribution in [3.05, 3.63) is 35.4 Å². The van der Waals surface area contributed by atoms with Crippen molar-refractivity contribution >= 4 is 18.1 Å². The number of nitrogens with zero attached hydrogens (tertiary/aromatic N) is 4. The molecular formula is C13H14N4O3. The molecule has 0 fully saturated rings. The van der Waals surface area contributed by atoms with Crippen LogP contribution in [-0.4, -0.2) is 35.9 Å². The first-order chi connectivity index (χ1) is 9.61. The molecule has 0 spiro atoms. The summed E-state index contributed by atoms with van der Waals surface area (Å²) in [6.45, 7) is 3.82. The maximum absolute atomic E-state index is 11.8. The average molecular weight is 274 g/mol. The van der Waals surface area contributed by atoms with Crippen LogP contribution in [0.4, 0.5) is 0 Å². The van der Waals surface area contributed by atoms with E-state index in [0.29, 0.717) is 0 Å². The third kappa shape index (κ3) is 3.05. The van der Waals surface area contributed by atoms with E-state index in [9.17, 15) is 9.59 Å². The van der Waals surface area contributed by atoms with Gasteiger partial charge in [0.2, 0.25) is 0 Å². The summed E-state index contributed by atoms with van der Waals surface area (Å²) in [5.74, 6) is -1.33. The highest BCUT2D eigenvalue weighted by atomic mass is 16.5. The number of hydrogen-bond donors (Lipinski definition) is 0. The lowest BCUT2D eigenvalue weighted by Crippen LogP contribution is -2.33. The molecule has 1 aliphatic heterocycles. The molecule has 0 saturated carbocycles. The van der Waals surface area contributed by atoms with Gasteiger partial charge in [-0.1, -0.05) is 34.9 Å². The third-order valence-corrected chi connectivity index (χ3v) is 2.59. The molecule has 0 saturated heterocycles. The molecule has 1 heterocycles. The van der Waals surface area contributed by atoms with Crippen molar-refractivity contribution < 1.29 is 14.3 Å². The van der Waals surface area contributed by atoms with Crippen LogP contribution in [0.25, 0.3) is 0 Å². The molecule has 2 rings (SSSR count). The lowest BCUT2D eigenvalue weighted by Gasteiger charge is -2.05. The maximum Gasteiger partial charge on any atom is 0.342 e. The summed E-state index contributed by atoms with van der Waals surface area (Å²) in [5.41, 5.74) is 1.94. The molecule has 7 heteroatoms. The maximum atomic E-state index is 11.8. The van der Waals surface area contributed by atoms with E-state index in [0.717, 1.165) is 16.2 Å². The number of rotatable bonds is 4. The summed E-state index contributed by atoms with van der Waals surface area (Å²) in [4.78, 5) is 23.3. The summed E-state index contributed by atoms with van der Waals surface area (Å²) in [7, 11) is 0. The molecule has 0 N–H and O–H groups in total. The molecule has 1 amide bonds. The minimum atomic E-state index is -1.25. The van der Waals surface area contributed by atoms with Crippen LogP contribution in [0.15, 0.2) is 39.7 Å². The van der Waals surface area contributed by atoms with Crippen molar-refractivity contribution in [2.24, 2.45) is 15.4 Å². The number of carbonyl (C=O) groups is 2. The number of esters is 1. The number of hydrogen-bond acceptors (Lipinski definition) is 6. The first-order valence-corrected chi connectivity index (χ1v) is 6.14. The predicted octanol–water partition coefficient (Wildman–Crippen LogP) is 1.47. The van der Waals surface area contributed by atoms with Crippen molar-refractivity contribution in [3.63, 3.8) is 0 Å². The van der Waals surface area contributed by atoms with Crippen molar-refractivity contribution in [2.75, 3.05) is 6.61 Å². The quantitative estimate of drug-likeness (QED) is 0.473. The summed E-state index contributed by atoms with van der Waals surface area (Å²) in [5, 5.41) is 11.8. The Morgan fingerprint density at radius 3 is 2.80 bits per heavy atom.